The van der Waals surface area contributed by atoms with Gasteiger partial charge in [-0.25, -0.2) is 0 Å². The Bertz CT molecular complexity index is 329. The van der Waals surface area contributed by atoms with E-state index in [0.29, 0.717) is 0 Å². The van der Waals surface area contributed by atoms with Crippen LogP contribution in [-0.2, 0) is 11.8 Å². The van der Waals surface area contributed by atoms with E-state index in [1.54, 1.807) is 6.20 Å². The summed E-state index contributed by atoms with van der Waals surface area (Å²) in [6.45, 7) is 6.36. The van der Waals surface area contributed by atoms with Gasteiger partial charge in [-0.3, -0.25) is 4.98 Å². The Balaban J connectivity index is 3.17. The molecule has 1 atom stereocenters. The van der Waals surface area contributed by atoms with E-state index >= 15 is 0 Å². The van der Waals surface area contributed by atoms with Gasteiger partial charge in [-0.05, 0) is 12.1 Å². The minimum Gasteiger partial charge on any atom is -0.255 e. The van der Waals surface area contributed by atoms with Crippen molar-refractivity contribution in [3.63, 3.8) is 0 Å². The summed E-state index contributed by atoms with van der Waals surface area (Å²) in [4.78, 5) is 4.29. The van der Waals surface area contributed by atoms with Crippen LogP contribution in [0.2, 0.25) is 0 Å². The molecule has 0 aliphatic rings. The van der Waals surface area contributed by atoms with Crippen LogP contribution in [0.15, 0.2) is 24.4 Å². The van der Waals surface area contributed by atoms with Crippen molar-refractivity contribution in [1.82, 2.24) is 4.98 Å². The first kappa shape index (κ1) is 11.2. The number of rotatable bonds is 1. The molecule has 1 rings (SSSR count). The second kappa shape index (κ2) is 3.72. The molecule has 0 spiro atoms. The van der Waals surface area contributed by atoms with E-state index in [-0.39, 0.29) is 5.16 Å². The highest BCUT2D eigenvalue weighted by atomic mass is 32.9. The third kappa shape index (κ3) is 2.34. The molecule has 72 valence electrons. The zero-order chi connectivity index (χ0) is 10.1. The van der Waals surface area contributed by atoms with E-state index in [1.165, 1.54) is 0 Å². The first-order valence-corrected chi connectivity index (χ1v) is 8.06. The normalized spacial score (nSPS) is 16.6. The highest BCUT2D eigenvalue weighted by molar-refractivity contribution is 8.66. The van der Waals surface area contributed by atoms with Crippen molar-refractivity contribution in [2.75, 3.05) is 0 Å². The zero-order valence-corrected chi connectivity index (χ0v) is 10.7. The topological polar surface area (TPSA) is 12.9 Å². The lowest BCUT2D eigenvalue weighted by atomic mass is 10.3. The predicted molar refractivity (Wildman–Crippen MR) is 66.9 cm³/mol. The van der Waals surface area contributed by atoms with E-state index in [0.717, 1.165) is 5.44 Å². The molecule has 0 radical (unpaired) electrons. The van der Waals surface area contributed by atoms with Crippen LogP contribution in [0.1, 0.15) is 20.8 Å². The predicted octanol–water partition coefficient (Wildman–Crippen LogP) is 2.83. The molecule has 1 aromatic rings. The summed E-state index contributed by atoms with van der Waals surface area (Å²) in [6, 6.07) is 5.83. The van der Waals surface area contributed by atoms with E-state index < -0.39 is 5.24 Å². The Morgan fingerprint density at radius 2 is 2.00 bits per heavy atom. The van der Waals surface area contributed by atoms with Crippen LogP contribution in [0.25, 0.3) is 0 Å². The Morgan fingerprint density at radius 3 is 2.38 bits per heavy atom. The Kier molecular flexibility index (Phi) is 3.21. The average Bonchev–Trinajstić information content (AvgIpc) is 2.04. The van der Waals surface area contributed by atoms with Gasteiger partial charge in [0.1, 0.15) is 0 Å². The number of hydrogen-bond donors (Lipinski definition) is 1. The van der Waals surface area contributed by atoms with Crippen molar-refractivity contribution in [1.29, 1.82) is 0 Å². The Hall–Kier alpha value is 0.150. The maximum Gasteiger partial charge on any atom is 0.0829 e. The van der Waals surface area contributed by atoms with Crippen LogP contribution in [0.4, 0.5) is 0 Å². The van der Waals surface area contributed by atoms with Gasteiger partial charge in [0.15, 0.2) is 0 Å². The first-order chi connectivity index (χ1) is 5.86. The molecule has 0 aromatic carbocycles. The molecule has 0 N–H and O–H groups in total. The van der Waals surface area contributed by atoms with Crippen LogP contribution in [0.5, 0.6) is 0 Å². The highest BCUT2D eigenvalue weighted by Crippen LogP contribution is 2.60. The van der Waals surface area contributed by atoms with Gasteiger partial charge in [0.2, 0.25) is 0 Å². The Morgan fingerprint density at radius 1 is 1.38 bits per heavy atom. The minimum absolute atomic E-state index is 0.0276. The van der Waals surface area contributed by atoms with E-state index in [9.17, 15) is 0 Å². The average molecular weight is 231 g/mol. The second-order valence-corrected chi connectivity index (χ2v) is 11.1. The number of nitrogens with zero attached hydrogens (tertiary/aromatic N) is 1. The molecule has 1 unspecified atom stereocenters. The summed E-state index contributed by atoms with van der Waals surface area (Å²) in [5, 5.41) is -1.78. The highest BCUT2D eigenvalue weighted by Gasteiger charge is 2.30. The van der Waals surface area contributed by atoms with Crippen LogP contribution in [0, 0.1) is 0 Å². The van der Waals surface area contributed by atoms with E-state index in [1.807, 2.05) is 18.2 Å². The van der Waals surface area contributed by atoms with Gasteiger partial charge >= 0.3 is 0 Å². The van der Waals surface area contributed by atoms with E-state index in [2.05, 4.69) is 38.0 Å². The largest absolute Gasteiger partial charge is 0.255 e. The van der Waals surface area contributed by atoms with Gasteiger partial charge in [0.25, 0.3) is 0 Å². The maximum absolute atomic E-state index is 5.56. The number of pyridine rings is 1. The number of thiol groups is 1. The van der Waals surface area contributed by atoms with Gasteiger partial charge in [-0.15, -0.1) is 12.2 Å². The van der Waals surface area contributed by atoms with Gasteiger partial charge in [-0.2, -0.15) is 0 Å². The molecule has 0 saturated carbocycles. The fourth-order valence-electron chi connectivity index (χ4n) is 0.877. The summed E-state index contributed by atoms with van der Waals surface area (Å²) >= 11 is 10.2. The zero-order valence-electron chi connectivity index (χ0n) is 8.06. The minimum atomic E-state index is -1.81. The molecule has 13 heavy (non-hydrogen) atoms. The lowest BCUT2D eigenvalue weighted by Crippen LogP contribution is -2.21. The molecule has 0 amide bonds. The van der Waals surface area contributed by atoms with Crippen molar-refractivity contribution in [2.45, 2.75) is 25.9 Å². The van der Waals surface area contributed by atoms with Gasteiger partial charge in [0.05, 0.1) is 10.7 Å². The standard InChI is InChI=1S/C9H14NPS2/c1-9(2,3)11(12,13)8-6-4-5-7-10-8/h4-7H,1-3H3,(H,12,13). The molecule has 0 aliphatic heterocycles. The van der Waals surface area contributed by atoms with Crippen molar-refractivity contribution < 1.29 is 0 Å². The molecule has 0 aliphatic carbocycles. The molecule has 0 bridgehead atoms. The number of aromatic nitrogens is 1. The van der Waals surface area contributed by atoms with E-state index in [4.69, 9.17) is 11.8 Å². The van der Waals surface area contributed by atoms with Gasteiger partial charge in [0, 0.05) is 11.4 Å². The lowest BCUT2D eigenvalue weighted by molar-refractivity contribution is 0.795. The fraction of sp³-hybridized carbons (Fsp3) is 0.444. The molecule has 0 fully saturated rings. The molecule has 1 aromatic heterocycles. The first-order valence-electron chi connectivity index (χ1n) is 4.10. The quantitative estimate of drug-likeness (QED) is 0.589. The number of hydrogen-bond acceptors (Lipinski definition) is 2. The lowest BCUT2D eigenvalue weighted by Gasteiger charge is -2.29. The molecular weight excluding hydrogens is 217 g/mol. The smallest absolute Gasteiger partial charge is 0.0829 e. The van der Waals surface area contributed by atoms with Gasteiger partial charge < -0.3 is 0 Å². The third-order valence-corrected chi connectivity index (χ3v) is 9.19. The molecule has 1 heterocycles. The van der Waals surface area contributed by atoms with Crippen LogP contribution >= 0.6 is 17.5 Å². The summed E-state index contributed by atoms with van der Waals surface area (Å²) < 4.78 is 0. The Labute approximate surface area is 90.1 Å². The second-order valence-electron chi connectivity index (χ2n) is 3.93. The summed E-state index contributed by atoms with van der Waals surface area (Å²) in [5.74, 6) is 0. The SMILES string of the molecule is CC(C)(C)P(=S)(S)c1ccccn1. The van der Waals surface area contributed by atoms with Crippen LogP contribution < -0.4 is 5.44 Å². The molecule has 4 heteroatoms. The molecular formula is C9H14NPS2. The maximum atomic E-state index is 5.56. The summed E-state index contributed by atoms with van der Waals surface area (Å²) in [7, 11) is 0. The van der Waals surface area contributed by atoms with Gasteiger partial charge in [-0.1, -0.05) is 38.6 Å². The van der Waals surface area contributed by atoms with Crippen molar-refractivity contribution in [3.05, 3.63) is 24.4 Å². The van der Waals surface area contributed by atoms with Crippen molar-refractivity contribution in [2.24, 2.45) is 0 Å². The third-order valence-electron chi connectivity index (χ3n) is 1.87. The monoisotopic (exact) mass is 231 g/mol. The van der Waals surface area contributed by atoms with Crippen LogP contribution in [-0.4, -0.2) is 10.1 Å². The van der Waals surface area contributed by atoms with Crippen LogP contribution in [0.3, 0.4) is 0 Å². The fourth-order valence-corrected chi connectivity index (χ4v) is 2.75. The summed E-state index contributed by atoms with van der Waals surface area (Å²) in [6.07, 6.45) is 1.78. The molecule has 0 saturated heterocycles. The van der Waals surface area contributed by atoms with Crippen molar-refractivity contribution in [3.8, 4) is 0 Å². The molecule has 1 nitrogen and oxygen atoms in total. The van der Waals surface area contributed by atoms with Crippen molar-refractivity contribution >= 4 is 34.7 Å². The summed E-state index contributed by atoms with van der Waals surface area (Å²) in [5.41, 5.74) is 0.959.